The van der Waals surface area contributed by atoms with Gasteiger partial charge in [-0.15, -0.1) is 0 Å². The zero-order valence-corrected chi connectivity index (χ0v) is 36.5. The number of benzene rings is 2. The first-order chi connectivity index (χ1) is 29.6. The van der Waals surface area contributed by atoms with Crippen molar-refractivity contribution in [2.45, 2.75) is 89.1 Å². The van der Waals surface area contributed by atoms with E-state index in [9.17, 15) is 23.3 Å². The van der Waals surface area contributed by atoms with Crippen LogP contribution in [0.4, 0.5) is 15.8 Å². The van der Waals surface area contributed by atoms with Crippen molar-refractivity contribution in [1.29, 1.82) is 0 Å². The Morgan fingerprint density at radius 1 is 1.02 bits per heavy atom. The van der Waals surface area contributed by atoms with Crippen molar-refractivity contribution in [2.24, 2.45) is 16.2 Å². The number of nitro groups is 1. The van der Waals surface area contributed by atoms with Crippen molar-refractivity contribution in [1.82, 2.24) is 19.6 Å². The summed E-state index contributed by atoms with van der Waals surface area (Å²) < 4.78 is 61.6. The highest BCUT2D eigenvalue weighted by Crippen LogP contribution is 2.79. The lowest BCUT2D eigenvalue weighted by atomic mass is 9.31. The van der Waals surface area contributed by atoms with Gasteiger partial charge in [0.05, 0.1) is 21.6 Å². The third kappa shape index (κ3) is 8.28. The average Bonchev–Trinajstić information content (AvgIpc) is 3.68. The Morgan fingerprint density at radius 3 is 2.50 bits per heavy atom. The van der Waals surface area contributed by atoms with Crippen LogP contribution in [0, 0.1) is 26.4 Å². The lowest BCUT2D eigenvalue weighted by Crippen LogP contribution is -2.63. The summed E-state index contributed by atoms with van der Waals surface area (Å²) in [5, 5.41) is 12.8. The highest BCUT2D eigenvalue weighted by Gasteiger charge is 2.68. The number of pyridine rings is 1. The Balaban J connectivity index is 0.921. The van der Waals surface area contributed by atoms with Gasteiger partial charge in [0, 0.05) is 88.2 Å². The van der Waals surface area contributed by atoms with Gasteiger partial charge in [-0.25, -0.2) is 22.5 Å². The molecule has 0 radical (unpaired) electrons. The summed E-state index contributed by atoms with van der Waals surface area (Å²) in [6, 6.07) is 11.6. The number of aromatic nitrogens is 2. The van der Waals surface area contributed by atoms with Gasteiger partial charge >= 0.3 is 5.69 Å². The van der Waals surface area contributed by atoms with E-state index in [4.69, 9.17) is 14.2 Å². The minimum atomic E-state index is -4.65. The molecule has 14 nitrogen and oxygen atoms in total. The SMILES string of the molecule is CCC12CC(C3=C(CN4CCN(c5ccc(C(=O)NS(=O)(=O)c6ccc(OCC7(F)CCOCC7)c([N+](=O)[O-])c6)c(Oc6cnc7[nH]ccc7c6)c5)CC4)CCC(C)(C)C3)(C1)C2. The molecular weight excluding hydrogens is 816 g/mol. The van der Waals surface area contributed by atoms with Gasteiger partial charge in [0.2, 0.25) is 0 Å². The van der Waals surface area contributed by atoms with Crippen LogP contribution in [0.15, 0.2) is 77.0 Å². The third-order valence-electron chi connectivity index (χ3n) is 14.2. The molecule has 62 heavy (non-hydrogen) atoms. The molecule has 0 spiro atoms. The van der Waals surface area contributed by atoms with E-state index in [-0.39, 0.29) is 43.1 Å². The summed E-state index contributed by atoms with van der Waals surface area (Å²) >= 11 is 0. The van der Waals surface area contributed by atoms with Crippen molar-refractivity contribution in [3.63, 3.8) is 0 Å². The smallest absolute Gasteiger partial charge is 0.312 e. The van der Waals surface area contributed by atoms with Crippen molar-refractivity contribution < 1.29 is 36.7 Å². The van der Waals surface area contributed by atoms with Crippen molar-refractivity contribution in [3.8, 4) is 17.2 Å². The summed E-state index contributed by atoms with van der Waals surface area (Å²) in [5.41, 5.74) is 3.79. The number of carbonyl (C=O) groups is 1. The molecule has 0 unspecified atom stereocenters. The molecule has 4 heterocycles. The van der Waals surface area contributed by atoms with E-state index in [1.807, 2.05) is 6.07 Å². The van der Waals surface area contributed by atoms with Crippen LogP contribution >= 0.6 is 0 Å². The number of halogens is 1. The molecule has 5 fully saturated rings. The number of H-pyrrole nitrogens is 1. The molecule has 3 saturated carbocycles. The number of carbonyl (C=O) groups excluding carboxylic acids is 1. The fourth-order valence-electron chi connectivity index (χ4n) is 10.5. The van der Waals surface area contributed by atoms with Gasteiger partial charge in [-0.05, 0) is 91.2 Å². The standard InChI is InChI=1S/C46H55FN6O8S/c1-4-44-27-45(28-44,29-44)37-24-43(2,3)11-9-32(37)26-51-15-17-52(18-16-51)33-5-7-36(40(22-33)61-34-21-31-10-14-48-41(31)49-25-34)42(54)50-62(57,58)35-6-8-39(38(23-35)53(55)56)60-30-46(47)12-19-59-20-13-46/h5-8,10,14,21-23,25H,4,9,11-13,15-20,24,26-30H2,1-3H3,(H,48,49)(H,50,54). The molecule has 2 aromatic carbocycles. The molecule has 2 saturated heterocycles. The first-order valence-electron chi connectivity index (χ1n) is 21.8. The van der Waals surface area contributed by atoms with E-state index in [0.717, 1.165) is 62.0 Å². The fraction of sp³-hybridized carbons (Fsp3) is 0.522. The first-order valence-corrected chi connectivity index (χ1v) is 23.2. The molecule has 0 atom stereocenters. The van der Waals surface area contributed by atoms with Crippen LogP contribution in [0.1, 0.15) is 88.9 Å². The number of aromatic amines is 1. The summed E-state index contributed by atoms with van der Waals surface area (Å²) in [4.78, 5) is 36.9. The number of alkyl halides is 1. The number of piperazine rings is 1. The molecule has 2 aliphatic heterocycles. The fourth-order valence-corrected chi connectivity index (χ4v) is 11.5. The lowest BCUT2D eigenvalue weighted by molar-refractivity contribution is -0.386. The third-order valence-corrected chi connectivity index (χ3v) is 15.5. The van der Waals surface area contributed by atoms with Crippen molar-refractivity contribution in [2.75, 3.05) is 57.4 Å². The predicted molar refractivity (Wildman–Crippen MR) is 232 cm³/mol. The van der Waals surface area contributed by atoms with E-state index in [2.05, 4.69) is 45.3 Å². The van der Waals surface area contributed by atoms with Gasteiger partial charge in [-0.3, -0.25) is 19.8 Å². The Labute approximate surface area is 361 Å². The highest BCUT2D eigenvalue weighted by molar-refractivity contribution is 7.90. The van der Waals surface area contributed by atoms with Crippen LogP contribution in [0.3, 0.4) is 0 Å². The molecule has 16 heteroatoms. The molecule has 10 rings (SSSR count). The Hall–Kier alpha value is -5.06. The van der Waals surface area contributed by atoms with Crippen LogP contribution < -0.4 is 19.1 Å². The number of fused-ring (bicyclic) bond motifs is 1. The van der Waals surface area contributed by atoms with Gasteiger partial charge in [-0.1, -0.05) is 38.3 Å². The van der Waals surface area contributed by atoms with E-state index >= 15 is 4.39 Å². The topological polar surface area (TPSA) is 169 Å². The maximum Gasteiger partial charge on any atom is 0.312 e. The minimum absolute atomic E-state index is 0.0672. The van der Waals surface area contributed by atoms with E-state index in [0.29, 0.717) is 27.6 Å². The summed E-state index contributed by atoms with van der Waals surface area (Å²) in [7, 11) is -4.65. The Kier molecular flexibility index (Phi) is 10.9. The maximum absolute atomic E-state index is 15.2. The molecule has 330 valence electrons. The molecular formula is C46H55FN6O8S. The second kappa shape index (κ2) is 15.9. The average molecular weight is 871 g/mol. The Morgan fingerprint density at radius 2 is 1.77 bits per heavy atom. The number of amides is 1. The largest absolute Gasteiger partial charge is 0.483 e. The van der Waals surface area contributed by atoms with Crippen LogP contribution in [0.5, 0.6) is 17.2 Å². The zero-order valence-electron chi connectivity index (χ0n) is 35.6. The number of anilines is 1. The van der Waals surface area contributed by atoms with Crippen LogP contribution in [-0.4, -0.2) is 92.3 Å². The van der Waals surface area contributed by atoms with E-state index < -0.39 is 43.7 Å². The van der Waals surface area contributed by atoms with Gasteiger partial charge in [-0.2, -0.15) is 0 Å². The van der Waals surface area contributed by atoms with Crippen LogP contribution in [-0.2, 0) is 14.8 Å². The second-order valence-corrected chi connectivity index (χ2v) is 20.8. The van der Waals surface area contributed by atoms with Crippen LogP contribution in [0.25, 0.3) is 11.0 Å². The number of nitrogens with one attached hydrogen (secondary N) is 2. The molecule has 2 aromatic heterocycles. The number of nitrogens with zero attached hydrogens (tertiary/aromatic N) is 4. The highest BCUT2D eigenvalue weighted by atomic mass is 32.2. The summed E-state index contributed by atoms with van der Waals surface area (Å²) in [6.07, 6.45) is 12.4. The van der Waals surface area contributed by atoms with E-state index in [1.165, 1.54) is 57.2 Å². The number of nitro benzene ring substituents is 1. The second-order valence-electron chi connectivity index (χ2n) is 19.1. The molecule has 4 aliphatic carbocycles. The van der Waals surface area contributed by atoms with Gasteiger partial charge in [0.1, 0.15) is 29.4 Å². The number of sulfonamides is 1. The first kappa shape index (κ1) is 42.3. The lowest BCUT2D eigenvalue weighted by Gasteiger charge is -2.73. The van der Waals surface area contributed by atoms with Gasteiger partial charge in [0.15, 0.2) is 5.75 Å². The Bertz CT molecular complexity index is 2520. The normalized spacial score (nSPS) is 24.5. The summed E-state index contributed by atoms with van der Waals surface area (Å²) in [6.45, 7) is 11.4. The monoisotopic (exact) mass is 870 g/mol. The molecule has 2 N–H and O–H groups in total. The van der Waals surface area contributed by atoms with Gasteiger partial charge in [0.25, 0.3) is 15.9 Å². The van der Waals surface area contributed by atoms with Crippen LogP contribution in [0.2, 0.25) is 0 Å². The number of allylic oxidation sites excluding steroid dienone is 1. The molecule has 1 amide bonds. The molecule has 6 aliphatic rings. The number of hydrogen-bond donors (Lipinski definition) is 2. The number of rotatable bonds is 14. The number of ether oxygens (including phenoxy) is 3. The molecule has 4 aromatic rings. The predicted octanol–water partition coefficient (Wildman–Crippen LogP) is 8.49. The minimum Gasteiger partial charge on any atom is -0.483 e. The van der Waals surface area contributed by atoms with Crippen molar-refractivity contribution in [3.05, 3.63) is 87.7 Å². The van der Waals surface area contributed by atoms with E-state index in [1.54, 1.807) is 35.5 Å². The number of hydrogen-bond acceptors (Lipinski definition) is 11. The summed E-state index contributed by atoms with van der Waals surface area (Å²) in [5.74, 6) is -0.840. The molecule has 2 bridgehead atoms. The maximum atomic E-state index is 15.2. The van der Waals surface area contributed by atoms with Crippen molar-refractivity contribution >= 4 is 38.3 Å². The van der Waals surface area contributed by atoms with Gasteiger partial charge < -0.3 is 24.1 Å². The zero-order chi connectivity index (χ0) is 43.5. The quantitative estimate of drug-likeness (QED) is 0.0708.